The maximum absolute atomic E-state index is 14.3. The van der Waals surface area contributed by atoms with E-state index in [4.69, 9.17) is 4.74 Å². The molecule has 40 heavy (non-hydrogen) atoms. The number of halogens is 4. The van der Waals surface area contributed by atoms with Gasteiger partial charge in [0.25, 0.3) is 0 Å². The van der Waals surface area contributed by atoms with E-state index < -0.39 is 29.9 Å². The fraction of sp³-hybridized carbons (Fsp3) is 0.355. The van der Waals surface area contributed by atoms with Crippen molar-refractivity contribution in [3.05, 3.63) is 89.2 Å². The molecule has 0 N–H and O–H groups in total. The summed E-state index contributed by atoms with van der Waals surface area (Å²) in [7, 11) is 0. The van der Waals surface area contributed by atoms with Crippen LogP contribution in [0.1, 0.15) is 59.5 Å². The van der Waals surface area contributed by atoms with Crippen molar-refractivity contribution in [2.75, 3.05) is 6.61 Å². The van der Waals surface area contributed by atoms with Crippen molar-refractivity contribution in [3.8, 4) is 16.9 Å². The van der Waals surface area contributed by atoms with Gasteiger partial charge in [0.15, 0.2) is 17.3 Å². The van der Waals surface area contributed by atoms with Gasteiger partial charge >= 0.3 is 12.5 Å². The second-order valence-corrected chi connectivity index (χ2v) is 10.7. The summed E-state index contributed by atoms with van der Waals surface area (Å²) >= 11 is 0. The molecule has 1 aliphatic carbocycles. The molecule has 208 valence electrons. The molecule has 2 aliphatic heterocycles. The maximum atomic E-state index is 14.3. The summed E-state index contributed by atoms with van der Waals surface area (Å²) in [5.74, 6) is -3.11. The molecule has 6 rings (SSSR count). The van der Waals surface area contributed by atoms with Crippen molar-refractivity contribution >= 4 is 11.9 Å². The highest BCUT2D eigenvalue weighted by molar-refractivity contribution is 5.98. The summed E-state index contributed by atoms with van der Waals surface area (Å²) in [6.45, 7) is 0.205. The van der Waals surface area contributed by atoms with E-state index in [0.717, 1.165) is 59.7 Å². The third-order valence-electron chi connectivity index (χ3n) is 8.33. The largest absolute Gasteiger partial charge is 0.573 e. The van der Waals surface area contributed by atoms with E-state index >= 15 is 0 Å². The van der Waals surface area contributed by atoms with E-state index in [9.17, 15) is 27.2 Å². The molecule has 0 spiro atoms. The van der Waals surface area contributed by atoms with Crippen LogP contribution < -0.4 is 4.74 Å². The lowest BCUT2D eigenvalue weighted by molar-refractivity contribution is -0.275. The standard InChI is InChI=1S/C31H27F4NO4/c32-27-16-18(12-13-28(27)40-31(33,34)35)29(37)19-14-20-6-5-7-21(15-19)36(20)30(38)39-17-26-24-10-3-1-8-22(24)23-9-2-4-11-25(23)26/h1-4,8-13,16,19-21,26H,5-7,14-15,17H2. The summed E-state index contributed by atoms with van der Waals surface area (Å²) in [4.78, 5) is 28.4. The van der Waals surface area contributed by atoms with Gasteiger partial charge in [-0.05, 0) is 72.6 Å². The molecule has 2 atom stereocenters. The van der Waals surface area contributed by atoms with Gasteiger partial charge in [0.1, 0.15) is 6.61 Å². The van der Waals surface area contributed by atoms with Crippen LogP contribution in [0.25, 0.3) is 11.1 Å². The van der Waals surface area contributed by atoms with Crippen LogP contribution in [0, 0.1) is 11.7 Å². The number of hydrogen-bond donors (Lipinski definition) is 0. The minimum atomic E-state index is -5.03. The lowest BCUT2D eigenvalue weighted by atomic mass is 9.76. The molecule has 2 bridgehead atoms. The highest BCUT2D eigenvalue weighted by atomic mass is 19.4. The van der Waals surface area contributed by atoms with Crippen molar-refractivity contribution < 1.29 is 36.6 Å². The van der Waals surface area contributed by atoms with Gasteiger partial charge in [-0.25, -0.2) is 9.18 Å². The van der Waals surface area contributed by atoms with E-state index in [1.807, 2.05) is 24.3 Å². The van der Waals surface area contributed by atoms with Crippen molar-refractivity contribution in [1.29, 1.82) is 0 Å². The first-order chi connectivity index (χ1) is 19.2. The zero-order chi connectivity index (χ0) is 28.0. The van der Waals surface area contributed by atoms with Crippen molar-refractivity contribution in [2.45, 2.75) is 56.5 Å². The van der Waals surface area contributed by atoms with E-state index in [1.165, 1.54) is 0 Å². The van der Waals surface area contributed by atoms with Crippen LogP contribution >= 0.6 is 0 Å². The lowest BCUT2D eigenvalue weighted by Crippen LogP contribution is -2.55. The molecule has 0 saturated carbocycles. The van der Waals surface area contributed by atoms with Crippen LogP contribution in [0.3, 0.4) is 0 Å². The Morgan fingerprint density at radius 1 is 0.875 bits per heavy atom. The summed E-state index contributed by atoms with van der Waals surface area (Å²) in [5, 5.41) is 0. The Morgan fingerprint density at radius 2 is 1.48 bits per heavy atom. The van der Waals surface area contributed by atoms with Crippen LogP contribution in [0.4, 0.5) is 22.4 Å². The van der Waals surface area contributed by atoms with E-state index in [2.05, 4.69) is 29.0 Å². The molecule has 2 unspecified atom stereocenters. The van der Waals surface area contributed by atoms with Crippen molar-refractivity contribution in [3.63, 3.8) is 0 Å². The second-order valence-electron chi connectivity index (χ2n) is 10.7. The fourth-order valence-corrected chi connectivity index (χ4v) is 6.66. The first kappa shape index (κ1) is 26.3. The van der Waals surface area contributed by atoms with Gasteiger partial charge in [0.05, 0.1) is 0 Å². The van der Waals surface area contributed by atoms with Gasteiger partial charge in [-0.2, -0.15) is 0 Å². The van der Waals surface area contributed by atoms with E-state index in [0.29, 0.717) is 12.8 Å². The molecule has 0 aromatic heterocycles. The number of amides is 1. The number of ether oxygens (including phenoxy) is 2. The monoisotopic (exact) mass is 553 g/mol. The number of piperidine rings is 2. The third kappa shape index (κ3) is 4.93. The average molecular weight is 554 g/mol. The third-order valence-corrected chi connectivity index (χ3v) is 8.33. The number of rotatable bonds is 5. The topological polar surface area (TPSA) is 55.8 Å². The molecule has 3 aliphatic rings. The Bertz CT molecular complexity index is 1400. The number of ketones is 1. The Hall–Kier alpha value is -3.88. The summed E-state index contributed by atoms with van der Waals surface area (Å²) in [6.07, 6.45) is -2.29. The summed E-state index contributed by atoms with van der Waals surface area (Å²) in [6, 6.07) is 18.6. The maximum Gasteiger partial charge on any atom is 0.573 e. The molecule has 3 aromatic rings. The highest BCUT2D eigenvalue weighted by Gasteiger charge is 2.44. The SMILES string of the molecule is O=C(c1ccc(OC(F)(F)F)c(F)c1)C1CC2CCCC(C1)N2C(=O)OCC1c2ccccc2-c2ccccc21. The number of hydrogen-bond acceptors (Lipinski definition) is 4. The van der Waals surface area contributed by atoms with Crippen LogP contribution in [0.2, 0.25) is 0 Å². The number of carbonyl (C=O) groups excluding carboxylic acids is 2. The summed E-state index contributed by atoms with van der Waals surface area (Å²) in [5.41, 5.74) is 4.53. The number of benzene rings is 3. The zero-order valence-corrected chi connectivity index (χ0v) is 21.5. The Morgan fingerprint density at radius 3 is 2.05 bits per heavy atom. The molecule has 9 heteroatoms. The molecule has 1 amide bonds. The number of Topliss-reactive ketones (excluding diaryl/α,β-unsaturated/α-hetero) is 1. The molecule has 2 heterocycles. The lowest BCUT2D eigenvalue weighted by Gasteiger charge is -2.47. The Kier molecular flexibility index (Phi) is 6.76. The van der Waals surface area contributed by atoms with Gasteiger partial charge in [-0.15, -0.1) is 13.2 Å². The van der Waals surface area contributed by atoms with Crippen molar-refractivity contribution in [2.24, 2.45) is 5.92 Å². The first-order valence-electron chi connectivity index (χ1n) is 13.4. The molecule has 2 fully saturated rings. The normalized spacial score (nSPS) is 21.9. The van der Waals surface area contributed by atoms with Gasteiger partial charge in [0.2, 0.25) is 0 Å². The van der Waals surface area contributed by atoms with Gasteiger partial charge in [-0.1, -0.05) is 48.5 Å². The predicted molar refractivity (Wildman–Crippen MR) is 138 cm³/mol. The van der Waals surface area contributed by atoms with Gasteiger partial charge in [-0.3, -0.25) is 4.79 Å². The van der Waals surface area contributed by atoms with Gasteiger partial charge in [0, 0.05) is 29.5 Å². The first-order valence-corrected chi connectivity index (χ1v) is 13.4. The Labute approximate surface area is 228 Å². The van der Waals surface area contributed by atoms with Crippen molar-refractivity contribution in [1.82, 2.24) is 4.90 Å². The minimum absolute atomic E-state index is 0.00955. The predicted octanol–water partition coefficient (Wildman–Crippen LogP) is 7.49. The highest BCUT2D eigenvalue weighted by Crippen LogP contribution is 2.45. The number of carbonyl (C=O) groups is 2. The van der Waals surface area contributed by atoms with Crippen LogP contribution in [0.5, 0.6) is 5.75 Å². The van der Waals surface area contributed by atoms with Gasteiger partial charge < -0.3 is 14.4 Å². The smallest absolute Gasteiger partial charge is 0.448 e. The number of nitrogens with zero attached hydrogens (tertiary/aromatic N) is 1. The van der Waals surface area contributed by atoms with Crippen LogP contribution in [-0.2, 0) is 4.74 Å². The number of fused-ring (bicyclic) bond motifs is 5. The molecular formula is C31H27F4NO4. The average Bonchev–Trinajstić information content (AvgIpc) is 3.24. The molecule has 2 saturated heterocycles. The summed E-state index contributed by atoms with van der Waals surface area (Å²) < 4.78 is 61.3. The minimum Gasteiger partial charge on any atom is -0.448 e. The Balaban J connectivity index is 1.14. The van der Waals surface area contributed by atoms with E-state index in [-0.39, 0.29) is 36.0 Å². The second kappa shape index (κ2) is 10.3. The van der Waals surface area contributed by atoms with E-state index in [1.54, 1.807) is 4.90 Å². The quantitative estimate of drug-likeness (QED) is 0.243. The molecular weight excluding hydrogens is 526 g/mol. The molecule has 3 aromatic carbocycles. The fourth-order valence-electron chi connectivity index (χ4n) is 6.66. The zero-order valence-electron chi connectivity index (χ0n) is 21.5. The molecule has 5 nitrogen and oxygen atoms in total. The van der Waals surface area contributed by atoms with Crippen LogP contribution in [-0.4, -0.2) is 41.8 Å². The van der Waals surface area contributed by atoms with Crippen LogP contribution in [0.15, 0.2) is 66.7 Å². The number of alkyl halides is 3. The molecule has 0 radical (unpaired) electrons.